The third kappa shape index (κ3) is 1.80. The number of aromatic nitrogens is 1. The van der Waals surface area contributed by atoms with E-state index in [4.69, 9.17) is 10.2 Å². The molecule has 2 N–H and O–H groups in total. The first kappa shape index (κ1) is 9.15. The van der Waals surface area contributed by atoms with Gasteiger partial charge >= 0.3 is 5.97 Å². The number of aryl methyl sites for hydroxylation is 1. The summed E-state index contributed by atoms with van der Waals surface area (Å²) in [5, 5.41) is 17.3. The number of aliphatic hydroxyl groups excluding tert-OH is 1. The fourth-order valence-corrected chi connectivity index (χ4v) is 1.74. The molecule has 0 aromatic carbocycles. The van der Waals surface area contributed by atoms with Crippen LogP contribution in [0.2, 0.25) is 0 Å². The fraction of sp³-hybridized carbons (Fsp3) is 0.429. The van der Waals surface area contributed by atoms with E-state index in [0.29, 0.717) is 12.1 Å². The molecule has 0 radical (unpaired) electrons. The Kier molecular flexibility index (Phi) is 2.78. The highest BCUT2D eigenvalue weighted by atomic mass is 32.1. The smallest absolute Gasteiger partial charge is 0.365 e. The number of thiazole rings is 1. The quantitative estimate of drug-likeness (QED) is 0.730. The Morgan fingerprint density at radius 1 is 1.67 bits per heavy atom. The Morgan fingerprint density at radius 3 is 2.75 bits per heavy atom. The zero-order chi connectivity index (χ0) is 9.14. The maximum absolute atomic E-state index is 10.5. The molecular formula is C7H9NO3S. The summed E-state index contributed by atoms with van der Waals surface area (Å²) in [4.78, 5) is 15.1. The normalized spacial score (nSPS) is 10.2. The van der Waals surface area contributed by atoms with Gasteiger partial charge in [-0.05, 0) is 6.92 Å². The second-order valence-electron chi connectivity index (χ2n) is 2.31. The number of aliphatic hydroxyl groups is 1. The number of nitrogens with zero attached hydrogens (tertiary/aromatic N) is 1. The first-order valence-electron chi connectivity index (χ1n) is 3.45. The van der Waals surface area contributed by atoms with Gasteiger partial charge in [-0.1, -0.05) is 0 Å². The second kappa shape index (κ2) is 3.64. The van der Waals surface area contributed by atoms with Gasteiger partial charge < -0.3 is 10.2 Å². The molecule has 12 heavy (non-hydrogen) atoms. The van der Waals surface area contributed by atoms with Gasteiger partial charge in [0.1, 0.15) is 0 Å². The molecule has 0 atom stereocenters. The minimum atomic E-state index is -1.01. The molecule has 66 valence electrons. The highest BCUT2D eigenvalue weighted by Crippen LogP contribution is 2.18. The molecule has 0 spiro atoms. The van der Waals surface area contributed by atoms with Gasteiger partial charge in [0, 0.05) is 17.9 Å². The molecule has 1 heterocycles. The monoisotopic (exact) mass is 187 g/mol. The molecule has 0 fully saturated rings. The Labute approximate surface area is 73.5 Å². The number of hydrogen-bond donors (Lipinski definition) is 2. The molecule has 1 aromatic heterocycles. The van der Waals surface area contributed by atoms with E-state index < -0.39 is 5.97 Å². The molecule has 0 aliphatic rings. The van der Waals surface area contributed by atoms with E-state index in [1.54, 1.807) is 6.92 Å². The molecule has 1 rings (SSSR count). The first-order valence-corrected chi connectivity index (χ1v) is 4.27. The van der Waals surface area contributed by atoms with Crippen LogP contribution in [0.3, 0.4) is 0 Å². The summed E-state index contributed by atoms with van der Waals surface area (Å²) in [6.45, 7) is 1.77. The highest BCUT2D eigenvalue weighted by Gasteiger charge is 2.11. The predicted octanol–water partition coefficient (Wildman–Crippen LogP) is 0.685. The Bertz CT molecular complexity index is 295. The average Bonchev–Trinajstić information content (AvgIpc) is 2.34. The number of carboxylic acid groups (broad SMARTS) is 1. The summed E-state index contributed by atoms with van der Waals surface area (Å²) in [7, 11) is 0. The van der Waals surface area contributed by atoms with Gasteiger partial charge in [0.2, 0.25) is 5.01 Å². The molecular weight excluding hydrogens is 178 g/mol. The molecule has 4 nitrogen and oxygen atoms in total. The number of aromatic carboxylic acids is 1. The van der Waals surface area contributed by atoms with Gasteiger partial charge in [0.25, 0.3) is 0 Å². The van der Waals surface area contributed by atoms with Crippen molar-refractivity contribution < 1.29 is 15.0 Å². The Morgan fingerprint density at radius 2 is 2.33 bits per heavy atom. The van der Waals surface area contributed by atoms with Crippen molar-refractivity contribution in [1.82, 2.24) is 4.98 Å². The molecule has 0 saturated carbocycles. The van der Waals surface area contributed by atoms with E-state index in [1.165, 1.54) is 0 Å². The minimum Gasteiger partial charge on any atom is -0.476 e. The van der Waals surface area contributed by atoms with Gasteiger partial charge in [0.05, 0.1) is 5.69 Å². The third-order valence-electron chi connectivity index (χ3n) is 1.41. The van der Waals surface area contributed by atoms with Crippen molar-refractivity contribution in [2.45, 2.75) is 13.3 Å². The standard InChI is InChI=1S/C7H9NO3S/c1-4-5(2-3-9)12-6(8-4)7(10)11/h9H,2-3H2,1H3,(H,10,11). The van der Waals surface area contributed by atoms with Crippen molar-refractivity contribution in [3.8, 4) is 0 Å². The molecule has 1 aromatic rings. The van der Waals surface area contributed by atoms with E-state index in [-0.39, 0.29) is 11.6 Å². The van der Waals surface area contributed by atoms with E-state index in [1.807, 2.05) is 0 Å². The van der Waals surface area contributed by atoms with Crippen LogP contribution in [0.1, 0.15) is 20.4 Å². The largest absolute Gasteiger partial charge is 0.476 e. The molecule has 0 bridgehead atoms. The van der Waals surface area contributed by atoms with Crippen LogP contribution in [0.4, 0.5) is 0 Å². The van der Waals surface area contributed by atoms with Crippen LogP contribution in [0.5, 0.6) is 0 Å². The lowest BCUT2D eigenvalue weighted by Crippen LogP contribution is -1.93. The summed E-state index contributed by atoms with van der Waals surface area (Å²) in [5.74, 6) is -1.01. The first-order chi connectivity index (χ1) is 5.65. The number of hydrogen-bond acceptors (Lipinski definition) is 4. The molecule has 0 aliphatic heterocycles. The van der Waals surface area contributed by atoms with Crippen molar-refractivity contribution >= 4 is 17.3 Å². The summed E-state index contributed by atoms with van der Waals surface area (Å²) < 4.78 is 0. The molecule has 0 saturated heterocycles. The van der Waals surface area contributed by atoms with E-state index in [0.717, 1.165) is 16.2 Å². The zero-order valence-electron chi connectivity index (χ0n) is 6.57. The van der Waals surface area contributed by atoms with E-state index >= 15 is 0 Å². The van der Waals surface area contributed by atoms with Gasteiger partial charge in [0.15, 0.2) is 0 Å². The number of carbonyl (C=O) groups is 1. The SMILES string of the molecule is Cc1nc(C(=O)O)sc1CCO. The summed E-state index contributed by atoms with van der Waals surface area (Å²) in [5.41, 5.74) is 0.700. The molecule has 0 amide bonds. The minimum absolute atomic E-state index is 0.0299. The lowest BCUT2D eigenvalue weighted by atomic mass is 10.3. The topological polar surface area (TPSA) is 70.4 Å². The van der Waals surface area contributed by atoms with Gasteiger partial charge in [-0.3, -0.25) is 0 Å². The third-order valence-corrected chi connectivity index (χ3v) is 2.62. The van der Waals surface area contributed by atoms with Crippen LogP contribution in [0.15, 0.2) is 0 Å². The van der Waals surface area contributed by atoms with E-state index in [2.05, 4.69) is 4.98 Å². The molecule has 0 aliphatic carbocycles. The highest BCUT2D eigenvalue weighted by molar-refractivity contribution is 7.13. The van der Waals surface area contributed by atoms with Crippen LogP contribution < -0.4 is 0 Å². The maximum Gasteiger partial charge on any atom is 0.365 e. The van der Waals surface area contributed by atoms with Crippen molar-refractivity contribution in [2.24, 2.45) is 0 Å². The van der Waals surface area contributed by atoms with Crippen LogP contribution in [-0.4, -0.2) is 27.8 Å². The second-order valence-corrected chi connectivity index (χ2v) is 3.39. The number of rotatable bonds is 3. The van der Waals surface area contributed by atoms with E-state index in [9.17, 15) is 4.79 Å². The lowest BCUT2D eigenvalue weighted by molar-refractivity contribution is 0.0696. The van der Waals surface area contributed by atoms with Crippen LogP contribution >= 0.6 is 11.3 Å². The van der Waals surface area contributed by atoms with Crippen LogP contribution in [0, 0.1) is 6.92 Å². The number of carboxylic acids is 1. The van der Waals surface area contributed by atoms with Crippen molar-refractivity contribution in [1.29, 1.82) is 0 Å². The van der Waals surface area contributed by atoms with Gasteiger partial charge in [-0.2, -0.15) is 0 Å². The van der Waals surface area contributed by atoms with Crippen molar-refractivity contribution in [3.05, 3.63) is 15.6 Å². The Hall–Kier alpha value is -0.940. The van der Waals surface area contributed by atoms with Crippen LogP contribution in [0.25, 0.3) is 0 Å². The molecule has 0 unspecified atom stereocenters. The Balaban J connectivity index is 2.92. The van der Waals surface area contributed by atoms with Gasteiger partial charge in [-0.15, -0.1) is 11.3 Å². The fourth-order valence-electron chi connectivity index (χ4n) is 0.853. The summed E-state index contributed by atoms with van der Waals surface area (Å²) in [6.07, 6.45) is 0.483. The summed E-state index contributed by atoms with van der Waals surface area (Å²) >= 11 is 1.12. The lowest BCUT2D eigenvalue weighted by Gasteiger charge is -1.90. The zero-order valence-corrected chi connectivity index (χ0v) is 7.39. The van der Waals surface area contributed by atoms with Crippen molar-refractivity contribution in [2.75, 3.05) is 6.61 Å². The summed E-state index contributed by atoms with van der Waals surface area (Å²) in [6, 6.07) is 0. The maximum atomic E-state index is 10.5. The average molecular weight is 187 g/mol. The molecule has 5 heteroatoms. The van der Waals surface area contributed by atoms with Crippen LogP contribution in [-0.2, 0) is 6.42 Å². The predicted molar refractivity (Wildman–Crippen MR) is 44.6 cm³/mol. The van der Waals surface area contributed by atoms with Gasteiger partial charge in [-0.25, -0.2) is 9.78 Å². The van der Waals surface area contributed by atoms with Crippen molar-refractivity contribution in [3.63, 3.8) is 0 Å².